The number of carbonyl (C=O) groups excluding carboxylic acids is 1. The Kier molecular flexibility index (Phi) is 4.44. The monoisotopic (exact) mass is 446 g/mol. The first kappa shape index (κ1) is 14.0. The molecule has 0 unspecified atom stereocenters. The van der Waals surface area contributed by atoms with Crippen molar-refractivity contribution in [2.24, 2.45) is 0 Å². The molecule has 0 fully saturated rings. The number of phenolic OH excluding ortho intramolecular Hbond substituents is 1. The third-order valence-electron chi connectivity index (χ3n) is 1.65. The van der Waals surface area contributed by atoms with Gasteiger partial charge < -0.3 is 9.84 Å². The van der Waals surface area contributed by atoms with Crippen molar-refractivity contribution in [2.75, 3.05) is 0 Å². The minimum absolute atomic E-state index is 0.0183. The molecule has 0 aliphatic rings. The molecular formula is C11H12I2O3. The molecule has 0 atom stereocenters. The summed E-state index contributed by atoms with van der Waals surface area (Å²) in [5.74, 6) is -0.517. The van der Waals surface area contributed by atoms with E-state index in [0.717, 1.165) is 3.57 Å². The summed E-state index contributed by atoms with van der Waals surface area (Å²) in [5.41, 5.74) is -0.345. The van der Waals surface area contributed by atoms with E-state index < -0.39 is 11.6 Å². The number of carbonyl (C=O) groups is 1. The minimum Gasteiger partial charge on any atom is -0.506 e. The van der Waals surface area contributed by atoms with E-state index >= 15 is 0 Å². The van der Waals surface area contributed by atoms with Gasteiger partial charge in [0.25, 0.3) is 0 Å². The highest BCUT2D eigenvalue weighted by molar-refractivity contribution is 14.1. The second-order valence-corrected chi connectivity index (χ2v) is 6.69. The summed E-state index contributed by atoms with van der Waals surface area (Å²) < 4.78 is 6.74. The molecule has 1 rings (SSSR count). The van der Waals surface area contributed by atoms with Gasteiger partial charge in [-0.05, 0) is 78.1 Å². The molecule has 0 aliphatic heterocycles. The SMILES string of the molecule is CC(C)(C)OC(=O)c1cc(I)cc(I)c1O. The van der Waals surface area contributed by atoms with E-state index in [2.05, 4.69) is 22.6 Å². The predicted molar refractivity (Wildman–Crippen MR) is 78.7 cm³/mol. The van der Waals surface area contributed by atoms with E-state index in [1.54, 1.807) is 32.9 Å². The van der Waals surface area contributed by atoms with Crippen molar-refractivity contribution in [1.82, 2.24) is 0 Å². The largest absolute Gasteiger partial charge is 0.506 e. The van der Waals surface area contributed by atoms with Crippen LogP contribution in [-0.2, 0) is 4.74 Å². The van der Waals surface area contributed by atoms with Crippen molar-refractivity contribution >= 4 is 51.2 Å². The van der Waals surface area contributed by atoms with E-state index in [4.69, 9.17) is 4.74 Å². The molecule has 0 spiro atoms. The second-order valence-electron chi connectivity index (χ2n) is 4.29. The fourth-order valence-corrected chi connectivity index (χ4v) is 2.90. The molecule has 16 heavy (non-hydrogen) atoms. The van der Waals surface area contributed by atoms with Gasteiger partial charge in [-0.25, -0.2) is 4.79 Å². The summed E-state index contributed by atoms with van der Waals surface area (Å²) in [5, 5.41) is 9.78. The van der Waals surface area contributed by atoms with Crippen LogP contribution >= 0.6 is 45.2 Å². The van der Waals surface area contributed by atoms with Crippen LogP contribution in [0, 0.1) is 7.14 Å². The van der Waals surface area contributed by atoms with Crippen LogP contribution in [0.15, 0.2) is 12.1 Å². The fourth-order valence-electron chi connectivity index (χ4n) is 1.05. The second kappa shape index (κ2) is 5.07. The molecule has 1 aromatic rings. The number of esters is 1. The molecule has 0 aromatic heterocycles. The number of aromatic hydroxyl groups is 1. The van der Waals surface area contributed by atoms with Crippen molar-refractivity contribution in [2.45, 2.75) is 26.4 Å². The zero-order valence-electron chi connectivity index (χ0n) is 9.17. The topological polar surface area (TPSA) is 46.5 Å². The van der Waals surface area contributed by atoms with Gasteiger partial charge >= 0.3 is 5.97 Å². The van der Waals surface area contributed by atoms with Crippen LogP contribution in [0.25, 0.3) is 0 Å². The normalized spacial score (nSPS) is 11.3. The van der Waals surface area contributed by atoms with E-state index in [1.807, 2.05) is 22.6 Å². The number of ether oxygens (including phenoxy) is 1. The lowest BCUT2D eigenvalue weighted by Gasteiger charge is -2.20. The molecule has 0 amide bonds. The Morgan fingerprint density at radius 1 is 1.31 bits per heavy atom. The molecule has 0 saturated carbocycles. The Hall–Kier alpha value is -0.0500. The number of hydrogen-bond donors (Lipinski definition) is 1. The van der Waals surface area contributed by atoms with E-state index in [1.165, 1.54) is 0 Å². The number of phenols is 1. The molecule has 0 heterocycles. The van der Waals surface area contributed by atoms with Crippen LogP contribution in [0.3, 0.4) is 0 Å². The molecule has 3 nitrogen and oxygen atoms in total. The Morgan fingerprint density at radius 3 is 2.38 bits per heavy atom. The summed E-state index contributed by atoms with van der Waals surface area (Å²) in [6, 6.07) is 3.41. The van der Waals surface area contributed by atoms with Gasteiger partial charge in [0.1, 0.15) is 16.9 Å². The van der Waals surface area contributed by atoms with Crippen LogP contribution in [0.5, 0.6) is 5.75 Å². The number of hydrogen-bond acceptors (Lipinski definition) is 3. The van der Waals surface area contributed by atoms with Gasteiger partial charge in [-0.1, -0.05) is 0 Å². The molecule has 0 saturated heterocycles. The molecule has 0 radical (unpaired) electrons. The van der Waals surface area contributed by atoms with E-state index in [9.17, 15) is 9.90 Å². The molecule has 5 heteroatoms. The van der Waals surface area contributed by atoms with Gasteiger partial charge in [-0.3, -0.25) is 0 Å². The molecule has 1 aromatic carbocycles. The lowest BCUT2D eigenvalue weighted by Crippen LogP contribution is -2.24. The number of rotatable bonds is 1. The molecule has 88 valence electrons. The van der Waals surface area contributed by atoms with Gasteiger partial charge in [0.15, 0.2) is 0 Å². The minimum atomic E-state index is -0.559. The maximum atomic E-state index is 11.8. The highest BCUT2D eigenvalue weighted by Crippen LogP contribution is 2.28. The lowest BCUT2D eigenvalue weighted by atomic mass is 10.1. The van der Waals surface area contributed by atoms with Gasteiger partial charge in [0.2, 0.25) is 0 Å². The Labute approximate surface area is 122 Å². The van der Waals surface area contributed by atoms with Gasteiger partial charge in [0, 0.05) is 3.57 Å². The average Bonchev–Trinajstić information content (AvgIpc) is 2.08. The van der Waals surface area contributed by atoms with Crippen LogP contribution < -0.4 is 0 Å². The average molecular weight is 446 g/mol. The smallest absolute Gasteiger partial charge is 0.342 e. The van der Waals surface area contributed by atoms with Crippen molar-refractivity contribution in [1.29, 1.82) is 0 Å². The Bertz CT molecular complexity index is 422. The third kappa shape index (κ3) is 3.76. The van der Waals surface area contributed by atoms with Crippen LogP contribution in [0.2, 0.25) is 0 Å². The summed E-state index contributed by atoms with van der Waals surface area (Å²) >= 11 is 4.08. The molecular weight excluding hydrogens is 434 g/mol. The summed E-state index contributed by atoms with van der Waals surface area (Å²) in [4.78, 5) is 11.8. The fraction of sp³-hybridized carbons (Fsp3) is 0.364. The van der Waals surface area contributed by atoms with Crippen molar-refractivity contribution in [3.05, 3.63) is 24.8 Å². The first-order chi connectivity index (χ1) is 7.20. The first-order valence-corrected chi connectivity index (χ1v) is 6.78. The standard InChI is InChI=1S/C11H12I2O3/c1-11(2,3)16-10(15)7-4-6(12)5-8(13)9(7)14/h4-5,14H,1-3H3. The van der Waals surface area contributed by atoms with Gasteiger partial charge in [-0.2, -0.15) is 0 Å². The Morgan fingerprint density at radius 2 is 1.88 bits per heavy atom. The van der Waals surface area contributed by atoms with Crippen molar-refractivity contribution < 1.29 is 14.6 Å². The lowest BCUT2D eigenvalue weighted by molar-refractivity contribution is 0.00666. The summed E-state index contributed by atoms with van der Waals surface area (Å²) in [6.45, 7) is 5.38. The number of halogens is 2. The third-order valence-corrected chi connectivity index (χ3v) is 3.09. The maximum absolute atomic E-state index is 11.8. The first-order valence-electron chi connectivity index (χ1n) is 4.62. The zero-order valence-corrected chi connectivity index (χ0v) is 13.5. The van der Waals surface area contributed by atoms with Crippen molar-refractivity contribution in [3.63, 3.8) is 0 Å². The summed E-state index contributed by atoms with van der Waals surface area (Å²) in [6.07, 6.45) is 0. The molecule has 1 N–H and O–H groups in total. The van der Waals surface area contributed by atoms with E-state index in [-0.39, 0.29) is 11.3 Å². The maximum Gasteiger partial charge on any atom is 0.342 e. The van der Waals surface area contributed by atoms with Gasteiger partial charge in [0.05, 0.1) is 3.57 Å². The Balaban J connectivity index is 3.09. The van der Waals surface area contributed by atoms with Crippen LogP contribution in [0.4, 0.5) is 0 Å². The van der Waals surface area contributed by atoms with E-state index in [0.29, 0.717) is 3.57 Å². The highest BCUT2D eigenvalue weighted by atomic mass is 127. The van der Waals surface area contributed by atoms with Crippen LogP contribution in [-0.4, -0.2) is 16.7 Å². The quantitative estimate of drug-likeness (QED) is 0.531. The molecule has 0 bridgehead atoms. The van der Waals surface area contributed by atoms with Gasteiger partial charge in [-0.15, -0.1) is 0 Å². The summed E-state index contributed by atoms with van der Waals surface area (Å²) in [7, 11) is 0. The number of benzene rings is 1. The molecule has 0 aliphatic carbocycles. The highest BCUT2D eigenvalue weighted by Gasteiger charge is 2.21. The van der Waals surface area contributed by atoms with Crippen molar-refractivity contribution in [3.8, 4) is 5.75 Å². The predicted octanol–water partition coefficient (Wildman–Crippen LogP) is 3.56. The van der Waals surface area contributed by atoms with Crippen LogP contribution in [0.1, 0.15) is 31.1 Å². The zero-order chi connectivity index (χ0) is 12.5.